The molecule has 26 heavy (non-hydrogen) atoms. The van der Waals surface area contributed by atoms with Gasteiger partial charge in [-0.15, -0.1) is 0 Å². The molecule has 1 N–H and O–H groups in total. The number of rotatable bonds is 6. The Labute approximate surface area is 155 Å². The third kappa shape index (κ3) is 4.60. The second kappa shape index (κ2) is 8.01. The summed E-state index contributed by atoms with van der Waals surface area (Å²) in [7, 11) is 0. The zero-order chi connectivity index (χ0) is 18.5. The summed E-state index contributed by atoms with van der Waals surface area (Å²) in [5.41, 5.74) is 6.49. The van der Waals surface area contributed by atoms with Crippen LogP contribution in [0.4, 0.5) is 5.69 Å². The average molecular weight is 343 g/mol. The summed E-state index contributed by atoms with van der Waals surface area (Å²) in [6.45, 7) is 6.18. The van der Waals surface area contributed by atoms with Crippen LogP contribution in [0.1, 0.15) is 45.1 Å². The van der Waals surface area contributed by atoms with Crippen LogP contribution in [0.3, 0.4) is 0 Å². The Bertz CT molecular complexity index is 879. The second-order valence-electron chi connectivity index (χ2n) is 6.97. The Morgan fingerprint density at radius 2 is 1.42 bits per heavy atom. The molecular formula is C24H25NO. The van der Waals surface area contributed by atoms with Gasteiger partial charge in [-0.2, -0.15) is 0 Å². The van der Waals surface area contributed by atoms with Gasteiger partial charge in [0.05, 0.1) is 6.04 Å². The molecule has 1 unspecified atom stereocenters. The lowest BCUT2D eigenvalue weighted by molar-refractivity contribution is 0.0976. The van der Waals surface area contributed by atoms with E-state index in [1.807, 2.05) is 43.3 Å². The van der Waals surface area contributed by atoms with Crippen LogP contribution in [0.25, 0.3) is 0 Å². The van der Waals surface area contributed by atoms with E-state index in [0.717, 1.165) is 22.4 Å². The van der Waals surface area contributed by atoms with Crippen LogP contribution in [0.5, 0.6) is 0 Å². The van der Waals surface area contributed by atoms with Gasteiger partial charge in [0.2, 0.25) is 0 Å². The van der Waals surface area contributed by atoms with Gasteiger partial charge in [-0.1, -0.05) is 71.8 Å². The lowest BCUT2D eigenvalue weighted by atomic mass is 9.96. The van der Waals surface area contributed by atoms with Crippen molar-refractivity contribution < 1.29 is 4.79 Å². The predicted molar refractivity (Wildman–Crippen MR) is 109 cm³/mol. The van der Waals surface area contributed by atoms with Gasteiger partial charge < -0.3 is 5.32 Å². The van der Waals surface area contributed by atoms with Crippen molar-refractivity contribution in [1.82, 2.24) is 0 Å². The van der Waals surface area contributed by atoms with E-state index in [1.54, 1.807) is 0 Å². The molecule has 0 radical (unpaired) electrons. The van der Waals surface area contributed by atoms with Crippen molar-refractivity contribution in [3.63, 3.8) is 0 Å². The number of aryl methyl sites for hydroxylation is 3. The normalized spacial score (nSPS) is 11.8. The number of benzene rings is 3. The summed E-state index contributed by atoms with van der Waals surface area (Å²) in [5, 5.41) is 3.55. The Balaban J connectivity index is 1.85. The van der Waals surface area contributed by atoms with Crippen molar-refractivity contribution in [3.05, 3.63) is 101 Å². The van der Waals surface area contributed by atoms with Gasteiger partial charge in [-0.3, -0.25) is 4.79 Å². The maximum absolute atomic E-state index is 12.8. The number of ketones is 1. The number of carbonyl (C=O) groups is 1. The quantitative estimate of drug-likeness (QED) is 0.553. The van der Waals surface area contributed by atoms with E-state index in [2.05, 4.69) is 55.6 Å². The molecule has 2 heteroatoms. The lowest BCUT2D eigenvalue weighted by Crippen LogP contribution is -2.16. The first kappa shape index (κ1) is 17.9. The van der Waals surface area contributed by atoms with Gasteiger partial charge in [0.15, 0.2) is 5.78 Å². The Morgan fingerprint density at radius 1 is 0.808 bits per heavy atom. The van der Waals surface area contributed by atoms with Crippen LogP contribution in [0, 0.1) is 20.8 Å². The van der Waals surface area contributed by atoms with Gasteiger partial charge in [-0.25, -0.2) is 0 Å². The standard InChI is InChI=1S/C24H25NO/c1-17-7-11-20(12-8-17)23(25-22-6-4-5-19(3)15-22)16-24(26)21-13-9-18(2)10-14-21/h4-15,23,25H,16H2,1-3H3. The molecule has 0 fully saturated rings. The molecule has 0 spiro atoms. The molecule has 3 aromatic carbocycles. The van der Waals surface area contributed by atoms with Gasteiger partial charge >= 0.3 is 0 Å². The van der Waals surface area contributed by atoms with Crippen molar-refractivity contribution >= 4 is 11.5 Å². The molecule has 0 amide bonds. The van der Waals surface area contributed by atoms with Gasteiger partial charge in [0, 0.05) is 17.7 Å². The second-order valence-corrected chi connectivity index (χ2v) is 6.97. The highest BCUT2D eigenvalue weighted by molar-refractivity contribution is 5.96. The fourth-order valence-electron chi connectivity index (χ4n) is 3.03. The molecule has 0 heterocycles. The summed E-state index contributed by atoms with van der Waals surface area (Å²) < 4.78 is 0. The van der Waals surface area contributed by atoms with Crippen molar-refractivity contribution in [3.8, 4) is 0 Å². The number of anilines is 1. The van der Waals surface area contributed by atoms with Crippen LogP contribution in [0.15, 0.2) is 72.8 Å². The molecule has 0 aliphatic carbocycles. The Kier molecular flexibility index (Phi) is 5.52. The van der Waals surface area contributed by atoms with Crippen LogP contribution in [-0.4, -0.2) is 5.78 Å². The van der Waals surface area contributed by atoms with Crippen molar-refractivity contribution in [2.45, 2.75) is 33.2 Å². The van der Waals surface area contributed by atoms with Gasteiger partial charge in [0.25, 0.3) is 0 Å². The predicted octanol–water partition coefficient (Wildman–Crippen LogP) is 6.04. The summed E-state index contributed by atoms with van der Waals surface area (Å²) >= 11 is 0. The first-order valence-electron chi connectivity index (χ1n) is 9.01. The molecule has 0 aromatic heterocycles. The minimum atomic E-state index is -0.0637. The topological polar surface area (TPSA) is 29.1 Å². The summed E-state index contributed by atoms with van der Waals surface area (Å²) in [6, 6.07) is 24.4. The highest BCUT2D eigenvalue weighted by Crippen LogP contribution is 2.25. The molecule has 0 bridgehead atoms. The summed E-state index contributed by atoms with van der Waals surface area (Å²) in [6.07, 6.45) is 0.417. The smallest absolute Gasteiger partial charge is 0.165 e. The molecule has 0 saturated heterocycles. The van der Waals surface area contributed by atoms with E-state index < -0.39 is 0 Å². The first-order valence-corrected chi connectivity index (χ1v) is 9.01. The molecule has 0 aliphatic heterocycles. The highest BCUT2D eigenvalue weighted by atomic mass is 16.1. The molecule has 3 rings (SSSR count). The summed E-state index contributed by atoms with van der Waals surface area (Å²) in [4.78, 5) is 12.8. The fourth-order valence-corrected chi connectivity index (χ4v) is 3.03. The van der Waals surface area contributed by atoms with Crippen LogP contribution >= 0.6 is 0 Å². The van der Waals surface area contributed by atoms with E-state index in [0.29, 0.717) is 6.42 Å². The molecule has 0 saturated carbocycles. The number of carbonyl (C=O) groups excluding carboxylic acids is 1. The third-order valence-electron chi connectivity index (χ3n) is 4.60. The van der Waals surface area contributed by atoms with Crippen molar-refractivity contribution in [2.24, 2.45) is 0 Å². The van der Waals surface area contributed by atoms with Crippen LogP contribution in [0.2, 0.25) is 0 Å². The van der Waals surface area contributed by atoms with Gasteiger partial charge in [0.1, 0.15) is 0 Å². The van der Waals surface area contributed by atoms with E-state index >= 15 is 0 Å². The monoisotopic (exact) mass is 343 g/mol. The molecule has 132 valence electrons. The third-order valence-corrected chi connectivity index (χ3v) is 4.60. The minimum absolute atomic E-state index is 0.0637. The lowest BCUT2D eigenvalue weighted by Gasteiger charge is -2.20. The molecular weight excluding hydrogens is 318 g/mol. The fraction of sp³-hybridized carbons (Fsp3) is 0.208. The van der Waals surface area contributed by atoms with Crippen LogP contribution < -0.4 is 5.32 Å². The SMILES string of the molecule is Cc1ccc(C(=O)CC(Nc2cccc(C)c2)c2ccc(C)cc2)cc1. The van der Waals surface area contributed by atoms with Crippen molar-refractivity contribution in [1.29, 1.82) is 0 Å². The zero-order valence-electron chi connectivity index (χ0n) is 15.6. The van der Waals surface area contributed by atoms with E-state index in [4.69, 9.17) is 0 Å². The zero-order valence-corrected chi connectivity index (χ0v) is 15.6. The van der Waals surface area contributed by atoms with Crippen LogP contribution in [-0.2, 0) is 0 Å². The molecule has 2 nitrogen and oxygen atoms in total. The van der Waals surface area contributed by atoms with E-state index in [1.165, 1.54) is 11.1 Å². The van der Waals surface area contributed by atoms with Crippen molar-refractivity contribution in [2.75, 3.05) is 5.32 Å². The van der Waals surface area contributed by atoms with Gasteiger partial charge in [-0.05, 0) is 44.0 Å². The first-order chi connectivity index (χ1) is 12.5. The number of hydrogen-bond acceptors (Lipinski definition) is 2. The largest absolute Gasteiger partial charge is 0.378 e. The molecule has 1 atom stereocenters. The van der Waals surface area contributed by atoms with E-state index in [-0.39, 0.29) is 11.8 Å². The molecule has 0 aliphatic rings. The van der Waals surface area contributed by atoms with E-state index in [9.17, 15) is 4.79 Å². The minimum Gasteiger partial charge on any atom is -0.378 e. The Hall–Kier alpha value is -2.87. The number of hydrogen-bond donors (Lipinski definition) is 1. The number of Topliss-reactive ketones (excluding diaryl/α,β-unsaturated/α-hetero) is 1. The number of nitrogens with one attached hydrogen (secondary N) is 1. The highest BCUT2D eigenvalue weighted by Gasteiger charge is 2.17. The maximum atomic E-state index is 12.8. The maximum Gasteiger partial charge on any atom is 0.165 e. The molecule has 3 aromatic rings. The Morgan fingerprint density at radius 3 is 2.04 bits per heavy atom. The average Bonchev–Trinajstić information content (AvgIpc) is 2.62. The summed E-state index contributed by atoms with van der Waals surface area (Å²) in [5.74, 6) is 0.149.